The van der Waals surface area contributed by atoms with Gasteiger partial charge in [0, 0.05) is 0 Å². The molecule has 1 N–H and O–H groups in total. The molecule has 0 amide bonds. The van der Waals surface area contributed by atoms with E-state index in [9.17, 15) is 0 Å². The zero-order chi connectivity index (χ0) is 8.55. The van der Waals surface area contributed by atoms with Crippen LogP contribution in [0.3, 0.4) is 0 Å². The number of aryl methyl sites for hydroxylation is 1. The molecule has 1 aromatic rings. The molecule has 0 spiro atoms. The highest BCUT2D eigenvalue weighted by atomic mass is 79.9. The molecule has 1 aliphatic rings. The van der Waals surface area contributed by atoms with Crippen LogP contribution in [0.15, 0.2) is 15.2 Å². The largest absolute Gasteiger partial charge is 0.452 e. The third-order valence-corrected chi connectivity index (χ3v) is 2.69. The summed E-state index contributed by atoms with van der Waals surface area (Å²) in [4.78, 5) is 0. The zero-order valence-electron chi connectivity index (χ0n) is 7.06. The van der Waals surface area contributed by atoms with Crippen LogP contribution >= 0.6 is 15.9 Å². The number of nitrogens with one attached hydrogen (secondary N) is 1. The summed E-state index contributed by atoms with van der Waals surface area (Å²) in [5.41, 5.74) is 1.24. The monoisotopic (exact) mass is 229 g/mol. The second-order valence-electron chi connectivity index (χ2n) is 3.25. The lowest BCUT2D eigenvalue weighted by molar-refractivity contribution is 0.428. The highest BCUT2D eigenvalue weighted by Crippen LogP contribution is 2.29. The van der Waals surface area contributed by atoms with Crippen LogP contribution in [0, 0.1) is 6.92 Å². The van der Waals surface area contributed by atoms with Gasteiger partial charge in [-0.25, -0.2) is 0 Å². The minimum absolute atomic E-state index is 0.441. The van der Waals surface area contributed by atoms with Crippen molar-refractivity contribution in [3.63, 3.8) is 0 Å². The first-order chi connectivity index (χ1) is 5.77. The van der Waals surface area contributed by atoms with Gasteiger partial charge in [-0.3, -0.25) is 0 Å². The van der Waals surface area contributed by atoms with Gasteiger partial charge >= 0.3 is 0 Å². The van der Waals surface area contributed by atoms with E-state index >= 15 is 0 Å². The van der Waals surface area contributed by atoms with Gasteiger partial charge in [-0.15, -0.1) is 0 Å². The summed E-state index contributed by atoms with van der Waals surface area (Å²) in [7, 11) is 0. The van der Waals surface area contributed by atoms with Crippen LogP contribution in [0.25, 0.3) is 0 Å². The van der Waals surface area contributed by atoms with Crippen molar-refractivity contribution >= 4 is 15.9 Å². The summed E-state index contributed by atoms with van der Waals surface area (Å²) >= 11 is 3.34. The minimum Gasteiger partial charge on any atom is -0.452 e. The van der Waals surface area contributed by atoms with Crippen molar-refractivity contribution in [2.24, 2.45) is 0 Å². The molecule has 0 radical (unpaired) electrons. The Bertz CT molecular complexity index is 276. The van der Waals surface area contributed by atoms with Gasteiger partial charge < -0.3 is 9.73 Å². The van der Waals surface area contributed by atoms with Crippen molar-refractivity contribution in [2.75, 3.05) is 6.54 Å². The molecule has 2 nitrogen and oxygen atoms in total. The van der Waals surface area contributed by atoms with E-state index in [2.05, 4.69) is 28.2 Å². The molecule has 12 heavy (non-hydrogen) atoms. The van der Waals surface area contributed by atoms with Gasteiger partial charge in [-0.05, 0) is 53.9 Å². The van der Waals surface area contributed by atoms with Crippen molar-refractivity contribution in [1.82, 2.24) is 5.32 Å². The second-order valence-corrected chi connectivity index (χ2v) is 4.03. The Morgan fingerprint density at radius 1 is 1.67 bits per heavy atom. The maximum absolute atomic E-state index is 5.55. The summed E-state index contributed by atoms with van der Waals surface area (Å²) in [6, 6.07) is 2.46. The summed E-state index contributed by atoms with van der Waals surface area (Å²) in [5, 5.41) is 3.41. The lowest BCUT2D eigenvalue weighted by atomic mass is 10.1. The number of halogens is 1. The molecule has 0 bridgehead atoms. The molecule has 0 aliphatic carbocycles. The molecular weight excluding hydrogens is 218 g/mol. The molecule has 66 valence electrons. The summed E-state index contributed by atoms with van der Waals surface area (Å²) in [6.45, 7) is 3.20. The normalized spacial score (nSPS) is 23.3. The Kier molecular flexibility index (Phi) is 2.24. The number of hydrogen-bond donors (Lipinski definition) is 1. The number of furan rings is 1. The first-order valence-electron chi connectivity index (χ1n) is 4.26. The average molecular weight is 230 g/mol. The first-order valence-corrected chi connectivity index (χ1v) is 5.06. The number of rotatable bonds is 1. The lowest BCUT2D eigenvalue weighted by Crippen LogP contribution is -2.12. The maximum Gasteiger partial charge on any atom is 0.169 e. The van der Waals surface area contributed by atoms with E-state index < -0.39 is 0 Å². The van der Waals surface area contributed by atoms with Crippen LogP contribution < -0.4 is 5.32 Å². The van der Waals surface area contributed by atoms with Crippen LogP contribution in [-0.4, -0.2) is 6.54 Å². The highest BCUT2D eigenvalue weighted by Gasteiger charge is 2.21. The van der Waals surface area contributed by atoms with Gasteiger partial charge in [0.05, 0.1) is 6.04 Å². The third-order valence-electron chi connectivity index (χ3n) is 2.30. The van der Waals surface area contributed by atoms with Crippen molar-refractivity contribution in [3.8, 4) is 0 Å². The van der Waals surface area contributed by atoms with Crippen LogP contribution in [0.2, 0.25) is 0 Å². The van der Waals surface area contributed by atoms with Crippen LogP contribution in [0.1, 0.15) is 30.2 Å². The van der Waals surface area contributed by atoms with Crippen molar-refractivity contribution < 1.29 is 4.42 Å². The zero-order valence-corrected chi connectivity index (χ0v) is 8.65. The molecule has 1 saturated heterocycles. The van der Waals surface area contributed by atoms with Gasteiger partial charge in [0.15, 0.2) is 4.67 Å². The topological polar surface area (TPSA) is 25.2 Å². The molecule has 1 atom stereocenters. The second kappa shape index (κ2) is 3.23. The molecule has 3 heteroatoms. The molecule has 0 aromatic carbocycles. The highest BCUT2D eigenvalue weighted by molar-refractivity contribution is 9.10. The van der Waals surface area contributed by atoms with Crippen LogP contribution in [0.4, 0.5) is 0 Å². The van der Waals surface area contributed by atoms with E-state index in [-0.39, 0.29) is 0 Å². The van der Waals surface area contributed by atoms with Gasteiger partial charge in [-0.1, -0.05) is 0 Å². The SMILES string of the molecule is Cc1cc(Br)oc1C1CCCN1. The van der Waals surface area contributed by atoms with E-state index in [0.717, 1.165) is 17.0 Å². The molecule has 2 heterocycles. The van der Waals surface area contributed by atoms with Gasteiger partial charge in [0.1, 0.15) is 5.76 Å². The Balaban J connectivity index is 2.25. The fourth-order valence-electron chi connectivity index (χ4n) is 1.71. The third kappa shape index (κ3) is 1.43. The first kappa shape index (κ1) is 8.32. The molecule has 1 fully saturated rings. The summed E-state index contributed by atoms with van der Waals surface area (Å²) in [5.74, 6) is 1.10. The Labute approximate surface area is 80.5 Å². The van der Waals surface area contributed by atoms with Gasteiger partial charge in [-0.2, -0.15) is 0 Å². The molecule has 2 rings (SSSR count). The van der Waals surface area contributed by atoms with E-state index in [1.165, 1.54) is 18.4 Å². The van der Waals surface area contributed by atoms with E-state index in [1.807, 2.05) is 6.07 Å². The van der Waals surface area contributed by atoms with Crippen molar-refractivity contribution in [2.45, 2.75) is 25.8 Å². The van der Waals surface area contributed by atoms with Crippen LogP contribution in [-0.2, 0) is 0 Å². The number of hydrogen-bond acceptors (Lipinski definition) is 2. The van der Waals surface area contributed by atoms with Gasteiger partial charge in [0.25, 0.3) is 0 Å². The predicted octanol–water partition coefficient (Wildman–Crippen LogP) is 2.78. The smallest absolute Gasteiger partial charge is 0.169 e. The van der Waals surface area contributed by atoms with Crippen molar-refractivity contribution in [1.29, 1.82) is 0 Å². The molecule has 1 unspecified atom stereocenters. The van der Waals surface area contributed by atoms with E-state index in [4.69, 9.17) is 4.42 Å². The Morgan fingerprint density at radius 2 is 2.50 bits per heavy atom. The Morgan fingerprint density at radius 3 is 3.00 bits per heavy atom. The minimum atomic E-state index is 0.441. The fourth-order valence-corrected chi connectivity index (χ4v) is 2.23. The molecule has 1 aliphatic heterocycles. The van der Waals surface area contributed by atoms with Gasteiger partial charge in [0.2, 0.25) is 0 Å². The van der Waals surface area contributed by atoms with Crippen LogP contribution in [0.5, 0.6) is 0 Å². The average Bonchev–Trinajstić information content (AvgIpc) is 2.58. The Hall–Kier alpha value is -0.280. The van der Waals surface area contributed by atoms with Crippen molar-refractivity contribution in [3.05, 3.63) is 22.1 Å². The molecule has 1 aromatic heterocycles. The maximum atomic E-state index is 5.55. The van der Waals surface area contributed by atoms with E-state index in [0.29, 0.717) is 6.04 Å². The quantitative estimate of drug-likeness (QED) is 0.802. The lowest BCUT2D eigenvalue weighted by Gasteiger charge is -2.06. The molecular formula is C9H12BrNO. The predicted molar refractivity (Wildman–Crippen MR) is 51.1 cm³/mol. The standard InChI is InChI=1S/C9H12BrNO/c1-6-5-8(10)12-9(6)7-3-2-4-11-7/h5,7,11H,2-4H2,1H3. The fraction of sp³-hybridized carbons (Fsp3) is 0.556. The molecule has 0 saturated carbocycles. The van der Waals surface area contributed by atoms with E-state index in [1.54, 1.807) is 0 Å². The summed E-state index contributed by atoms with van der Waals surface area (Å²) < 4.78 is 6.39. The summed E-state index contributed by atoms with van der Waals surface area (Å²) in [6.07, 6.45) is 2.45.